The molecule has 1 aromatic heterocycles. The first-order chi connectivity index (χ1) is 9.37. The van der Waals surface area contributed by atoms with Gasteiger partial charge in [-0.15, -0.1) is 0 Å². The van der Waals surface area contributed by atoms with Gasteiger partial charge in [-0.05, 0) is 11.6 Å². The number of methoxy groups -OCH3 is 1. The Balaban J connectivity index is 2.68. The topological polar surface area (TPSA) is 101 Å². The summed E-state index contributed by atoms with van der Waals surface area (Å²) in [5.41, 5.74) is 0. The smallest absolute Gasteiger partial charge is 0.246 e. The van der Waals surface area contributed by atoms with Crippen molar-refractivity contribution in [1.82, 2.24) is 19.6 Å². The van der Waals surface area contributed by atoms with Gasteiger partial charge in [-0.25, -0.2) is 18.4 Å². The first kappa shape index (κ1) is 16.8. The first-order valence-electron chi connectivity index (χ1n) is 5.57. The van der Waals surface area contributed by atoms with E-state index in [1.807, 2.05) is 0 Å². The molecule has 0 aromatic carbocycles. The molecule has 0 saturated heterocycles. The summed E-state index contributed by atoms with van der Waals surface area (Å²) in [5.74, 6) is -0.428. The lowest BCUT2D eigenvalue weighted by molar-refractivity contribution is -0.121. The number of amides is 1. The lowest BCUT2D eigenvalue weighted by atomic mass is 10.5. The largest absolute Gasteiger partial charge is 0.383 e. The molecule has 1 aromatic rings. The van der Waals surface area contributed by atoms with Crippen LogP contribution in [0.3, 0.4) is 0 Å². The van der Waals surface area contributed by atoms with Gasteiger partial charge in [-0.3, -0.25) is 4.79 Å². The fourth-order valence-electron chi connectivity index (χ4n) is 1.25. The summed E-state index contributed by atoms with van der Waals surface area (Å²) in [5, 5.41) is 2.47. The normalized spacial score (nSPS) is 11.6. The number of sulfonamides is 1. The van der Waals surface area contributed by atoms with Crippen LogP contribution >= 0.6 is 11.6 Å². The minimum absolute atomic E-state index is 0.0519. The number of carbonyl (C=O) groups is 1. The molecule has 0 aliphatic heterocycles. The van der Waals surface area contributed by atoms with Crippen molar-refractivity contribution in [2.24, 2.45) is 0 Å². The number of hydrogen-bond donors (Lipinski definition) is 1. The average molecular weight is 323 g/mol. The third kappa shape index (κ3) is 4.67. The van der Waals surface area contributed by atoms with Crippen LogP contribution in [0, 0.1) is 0 Å². The van der Waals surface area contributed by atoms with Crippen molar-refractivity contribution in [3.8, 4) is 0 Å². The Bertz CT molecular complexity index is 549. The lowest BCUT2D eigenvalue weighted by Crippen LogP contribution is -2.39. The molecule has 8 nitrogen and oxygen atoms in total. The third-order valence-corrected chi connectivity index (χ3v) is 4.25. The predicted molar refractivity (Wildman–Crippen MR) is 71.7 cm³/mol. The van der Waals surface area contributed by atoms with Gasteiger partial charge in [0.25, 0.3) is 0 Å². The van der Waals surface area contributed by atoms with Crippen LogP contribution in [0.25, 0.3) is 0 Å². The van der Waals surface area contributed by atoms with Crippen molar-refractivity contribution in [2.45, 2.75) is 4.90 Å². The third-order valence-electron chi connectivity index (χ3n) is 2.30. The summed E-state index contributed by atoms with van der Waals surface area (Å²) in [6, 6.07) is 0. The van der Waals surface area contributed by atoms with Gasteiger partial charge in [-0.1, -0.05) is 0 Å². The molecule has 1 amide bonds. The highest BCUT2D eigenvalue weighted by Gasteiger charge is 2.23. The SMILES string of the molecule is COCCNC(=O)CN(C)S(=O)(=O)c1cnc(Cl)nc1. The molecule has 1 N–H and O–H groups in total. The molecule has 0 fully saturated rings. The number of rotatable bonds is 7. The summed E-state index contributed by atoms with van der Waals surface area (Å²) in [4.78, 5) is 18.6. The van der Waals surface area contributed by atoms with Crippen LogP contribution in [0.4, 0.5) is 0 Å². The molecule has 1 heterocycles. The van der Waals surface area contributed by atoms with Crippen molar-refractivity contribution >= 4 is 27.5 Å². The second kappa shape index (κ2) is 7.48. The number of likely N-dealkylation sites (N-methyl/N-ethyl adjacent to an activating group) is 1. The van der Waals surface area contributed by atoms with Crippen molar-refractivity contribution in [3.05, 3.63) is 17.7 Å². The van der Waals surface area contributed by atoms with E-state index in [0.717, 1.165) is 16.7 Å². The van der Waals surface area contributed by atoms with E-state index in [-0.39, 0.29) is 16.7 Å². The number of ether oxygens (including phenoxy) is 1. The second-order valence-corrected chi connectivity index (χ2v) is 6.17. The van der Waals surface area contributed by atoms with Crippen LogP contribution in [-0.2, 0) is 19.6 Å². The van der Waals surface area contributed by atoms with Gasteiger partial charge >= 0.3 is 0 Å². The number of hydrogen-bond acceptors (Lipinski definition) is 6. The number of carbonyl (C=O) groups excluding carboxylic acids is 1. The van der Waals surface area contributed by atoms with E-state index in [9.17, 15) is 13.2 Å². The quantitative estimate of drug-likeness (QED) is 0.537. The summed E-state index contributed by atoms with van der Waals surface area (Å²) in [6.45, 7) is 0.356. The van der Waals surface area contributed by atoms with Crippen LogP contribution in [0.15, 0.2) is 17.3 Å². The second-order valence-electron chi connectivity index (χ2n) is 3.79. The van der Waals surface area contributed by atoms with Gasteiger partial charge in [0.2, 0.25) is 21.2 Å². The maximum absolute atomic E-state index is 12.1. The van der Waals surface area contributed by atoms with Crippen molar-refractivity contribution in [3.63, 3.8) is 0 Å². The molecule has 0 radical (unpaired) electrons. The zero-order chi connectivity index (χ0) is 15.2. The molecule has 10 heteroatoms. The zero-order valence-corrected chi connectivity index (χ0v) is 12.6. The van der Waals surface area contributed by atoms with Crippen LogP contribution in [0.1, 0.15) is 0 Å². The van der Waals surface area contributed by atoms with Crippen LogP contribution in [0.2, 0.25) is 5.28 Å². The van der Waals surface area contributed by atoms with Gasteiger partial charge in [0, 0.05) is 20.7 Å². The van der Waals surface area contributed by atoms with Gasteiger partial charge in [0.05, 0.1) is 25.5 Å². The van der Waals surface area contributed by atoms with Crippen LogP contribution in [0.5, 0.6) is 0 Å². The monoisotopic (exact) mass is 322 g/mol. The molecule has 0 aliphatic carbocycles. The van der Waals surface area contributed by atoms with E-state index in [1.54, 1.807) is 0 Å². The Hall–Kier alpha value is -1.29. The highest BCUT2D eigenvalue weighted by molar-refractivity contribution is 7.89. The number of halogens is 1. The Kier molecular flexibility index (Phi) is 6.27. The predicted octanol–water partition coefficient (Wildman–Crippen LogP) is -0.487. The zero-order valence-electron chi connectivity index (χ0n) is 11.0. The molecule has 0 saturated carbocycles. The Morgan fingerprint density at radius 2 is 2.05 bits per heavy atom. The summed E-state index contributed by atoms with van der Waals surface area (Å²) in [7, 11) is -1.03. The average Bonchev–Trinajstić information content (AvgIpc) is 2.39. The maximum atomic E-state index is 12.1. The Morgan fingerprint density at radius 3 is 2.60 bits per heavy atom. The van der Waals surface area contributed by atoms with Crippen LogP contribution < -0.4 is 5.32 Å². The summed E-state index contributed by atoms with van der Waals surface area (Å²) >= 11 is 5.49. The fraction of sp³-hybridized carbons (Fsp3) is 0.500. The number of nitrogens with zero attached hydrogens (tertiary/aromatic N) is 3. The van der Waals surface area contributed by atoms with E-state index in [2.05, 4.69) is 15.3 Å². The van der Waals surface area contributed by atoms with E-state index in [4.69, 9.17) is 16.3 Å². The van der Waals surface area contributed by atoms with Gasteiger partial charge < -0.3 is 10.1 Å². The fourth-order valence-corrected chi connectivity index (χ4v) is 2.37. The molecule has 1 rings (SSSR count). The van der Waals surface area contributed by atoms with Crippen molar-refractivity contribution < 1.29 is 17.9 Å². The van der Waals surface area contributed by atoms with E-state index in [0.29, 0.717) is 13.2 Å². The van der Waals surface area contributed by atoms with Crippen molar-refractivity contribution in [2.75, 3.05) is 33.9 Å². The summed E-state index contributed by atoms with van der Waals surface area (Å²) in [6.07, 6.45) is 2.17. The van der Waals surface area contributed by atoms with Crippen molar-refractivity contribution in [1.29, 1.82) is 0 Å². The van der Waals surface area contributed by atoms with E-state index < -0.39 is 15.9 Å². The molecule has 0 atom stereocenters. The summed E-state index contributed by atoms with van der Waals surface area (Å²) < 4.78 is 29.9. The highest BCUT2D eigenvalue weighted by Crippen LogP contribution is 2.12. The molecule has 0 bridgehead atoms. The minimum Gasteiger partial charge on any atom is -0.383 e. The Labute approximate surface area is 122 Å². The highest BCUT2D eigenvalue weighted by atomic mass is 35.5. The molecular formula is C10H15ClN4O4S. The molecule has 0 aliphatic rings. The Morgan fingerprint density at radius 1 is 1.45 bits per heavy atom. The number of nitrogens with one attached hydrogen (secondary N) is 1. The first-order valence-corrected chi connectivity index (χ1v) is 7.39. The minimum atomic E-state index is -3.82. The molecular weight excluding hydrogens is 308 g/mol. The molecule has 0 spiro atoms. The van der Waals surface area contributed by atoms with Gasteiger partial charge in [0.15, 0.2) is 0 Å². The van der Waals surface area contributed by atoms with E-state index >= 15 is 0 Å². The molecule has 0 unspecified atom stereocenters. The maximum Gasteiger partial charge on any atom is 0.246 e. The molecule has 20 heavy (non-hydrogen) atoms. The standard InChI is InChI=1S/C10H15ClN4O4S/c1-15(7-9(16)12-3-4-19-2)20(17,18)8-5-13-10(11)14-6-8/h5-6H,3-4,7H2,1-2H3,(H,12,16). The number of aromatic nitrogens is 2. The van der Waals surface area contributed by atoms with Gasteiger partial charge in [0.1, 0.15) is 4.90 Å². The lowest BCUT2D eigenvalue weighted by Gasteiger charge is -2.16. The van der Waals surface area contributed by atoms with E-state index in [1.165, 1.54) is 14.2 Å². The van der Waals surface area contributed by atoms with Gasteiger partial charge in [-0.2, -0.15) is 4.31 Å². The molecule has 112 valence electrons. The van der Waals surface area contributed by atoms with Crippen LogP contribution in [-0.4, -0.2) is 62.5 Å².